The molecule has 1 aliphatic carbocycles. The van der Waals surface area contributed by atoms with Gasteiger partial charge in [-0.15, -0.1) is 0 Å². The minimum absolute atomic E-state index is 0.0320. The third-order valence-corrected chi connectivity index (χ3v) is 4.73. The molecular weight excluding hydrogens is 300 g/mol. The average Bonchev–Trinajstić information content (AvgIpc) is 2.56. The van der Waals surface area contributed by atoms with Gasteiger partial charge in [-0.05, 0) is 36.8 Å². The van der Waals surface area contributed by atoms with E-state index in [-0.39, 0.29) is 23.3 Å². The van der Waals surface area contributed by atoms with Crippen molar-refractivity contribution in [2.24, 2.45) is 5.41 Å². The molecule has 1 atom stereocenters. The standard InChI is InChI=1S/C20H30N2O2/c1-20(2,3)19(24)21-14-8-13-18(23)22(4)17-12-7-10-15-9-5-6-11-16(15)17/h5-6,9,11,17H,7-8,10,12-14H2,1-4H3,(H,21,24)/t17-/m1/s1. The molecule has 4 heteroatoms. The quantitative estimate of drug-likeness (QED) is 0.841. The molecule has 24 heavy (non-hydrogen) atoms. The summed E-state index contributed by atoms with van der Waals surface area (Å²) in [5.41, 5.74) is 2.28. The normalized spacial score (nSPS) is 17.1. The van der Waals surface area contributed by atoms with Crippen LogP contribution in [0.5, 0.6) is 0 Å². The monoisotopic (exact) mass is 330 g/mol. The number of amides is 2. The Hall–Kier alpha value is -1.84. The first-order chi connectivity index (χ1) is 11.3. The van der Waals surface area contributed by atoms with Gasteiger partial charge in [0.25, 0.3) is 0 Å². The number of carbonyl (C=O) groups is 2. The van der Waals surface area contributed by atoms with E-state index in [1.807, 2.05) is 32.7 Å². The van der Waals surface area contributed by atoms with Crippen LogP contribution in [0.2, 0.25) is 0 Å². The highest BCUT2D eigenvalue weighted by molar-refractivity contribution is 5.81. The summed E-state index contributed by atoms with van der Waals surface area (Å²) in [6, 6.07) is 8.62. The summed E-state index contributed by atoms with van der Waals surface area (Å²) < 4.78 is 0. The van der Waals surface area contributed by atoms with Crippen molar-refractivity contribution in [3.05, 3.63) is 35.4 Å². The van der Waals surface area contributed by atoms with Crippen molar-refractivity contribution in [1.82, 2.24) is 10.2 Å². The summed E-state index contributed by atoms with van der Waals surface area (Å²) in [6.07, 6.45) is 4.41. The Morgan fingerprint density at radius 2 is 1.96 bits per heavy atom. The first kappa shape index (κ1) is 18.5. The van der Waals surface area contributed by atoms with Gasteiger partial charge in [0.1, 0.15) is 0 Å². The highest BCUT2D eigenvalue weighted by Crippen LogP contribution is 2.33. The lowest BCUT2D eigenvalue weighted by Gasteiger charge is -2.33. The van der Waals surface area contributed by atoms with Gasteiger partial charge in [-0.25, -0.2) is 0 Å². The van der Waals surface area contributed by atoms with Crippen LogP contribution in [0.4, 0.5) is 0 Å². The van der Waals surface area contributed by atoms with E-state index in [1.165, 1.54) is 11.1 Å². The predicted molar refractivity (Wildman–Crippen MR) is 96.6 cm³/mol. The zero-order valence-corrected chi connectivity index (χ0v) is 15.4. The second kappa shape index (κ2) is 7.82. The maximum absolute atomic E-state index is 12.5. The number of hydrogen-bond donors (Lipinski definition) is 1. The molecule has 1 N–H and O–H groups in total. The topological polar surface area (TPSA) is 49.4 Å². The van der Waals surface area contributed by atoms with Crippen LogP contribution < -0.4 is 5.32 Å². The minimum Gasteiger partial charge on any atom is -0.356 e. The van der Waals surface area contributed by atoms with Crippen LogP contribution in [0.25, 0.3) is 0 Å². The van der Waals surface area contributed by atoms with Gasteiger partial charge in [0.2, 0.25) is 11.8 Å². The third kappa shape index (κ3) is 4.59. The molecule has 0 fully saturated rings. The molecule has 0 spiro atoms. The predicted octanol–water partition coefficient (Wildman–Crippen LogP) is 3.46. The molecule has 0 aromatic heterocycles. The fourth-order valence-corrected chi connectivity index (χ4v) is 3.19. The smallest absolute Gasteiger partial charge is 0.225 e. The van der Waals surface area contributed by atoms with Crippen LogP contribution in [0.1, 0.15) is 63.6 Å². The zero-order chi connectivity index (χ0) is 17.7. The van der Waals surface area contributed by atoms with Crippen molar-refractivity contribution in [3.63, 3.8) is 0 Å². The molecule has 0 saturated carbocycles. The van der Waals surface area contributed by atoms with Crippen LogP contribution in [-0.4, -0.2) is 30.3 Å². The second-order valence-electron chi connectivity index (χ2n) is 7.72. The molecule has 1 aromatic rings. The second-order valence-corrected chi connectivity index (χ2v) is 7.72. The summed E-state index contributed by atoms with van der Waals surface area (Å²) >= 11 is 0. The number of rotatable bonds is 5. The van der Waals surface area contributed by atoms with Crippen molar-refractivity contribution in [2.75, 3.05) is 13.6 Å². The molecule has 1 aromatic carbocycles. The molecule has 0 heterocycles. The average molecular weight is 330 g/mol. The highest BCUT2D eigenvalue weighted by atomic mass is 16.2. The van der Waals surface area contributed by atoms with Crippen molar-refractivity contribution in [1.29, 1.82) is 0 Å². The lowest BCUT2D eigenvalue weighted by molar-refractivity contribution is -0.133. The molecule has 0 aliphatic heterocycles. The lowest BCUT2D eigenvalue weighted by atomic mass is 9.87. The van der Waals surface area contributed by atoms with Crippen LogP contribution in [-0.2, 0) is 16.0 Å². The molecule has 132 valence electrons. The van der Waals surface area contributed by atoms with Gasteiger partial charge in [-0.3, -0.25) is 9.59 Å². The molecule has 0 bridgehead atoms. The molecule has 0 saturated heterocycles. The van der Waals surface area contributed by atoms with E-state index in [1.54, 1.807) is 0 Å². The van der Waals surface area contributed by atoms with Crippen molar-refractivity contribution < 1.29 is 9.59 Å². The van der Waals surface area contributed by atoms with Crippen molar-refractivity contribution in [2.45, 2.75) is 58.9 Å². The van der Waals surface area contributed by atoms with Crippen LogP contribution in [0.15, 0.2) is 24.3 Å². The summed E-state index contributed by atoms with van der Waals surface area (Å²) in [6.45, 7) is 6.22. The van der Waals surface area contributed by atoms with Crippen LogP contribution in [0.3, 0.4) is 0 Å². The largest absolute Gasteiger partial charge is 0.356 e. The van der Waals surface area contributed by atoms with E-state index in [0.29, 0.717) is 19.4 Å². The number of carbonyl (C=O) groups excluding carboxylic acids is 2. The van der Waals surface area contributed by atoms with Crippen LogP contribution in [0, 0.1) is 5.41 Å². The molecule has 4 nitrogen and oxygen atoms in total. The number of nitrogens with one attached hydrogen (secondary N) is 1. The minimum atomic E-state index is -0.382. The highest BCUT2D eigenvalue weighted by Gasteiger charge is 2.26. The first-order valence-electron chi connectivity index (χ1n) is 8.92. The molecule has 2 amide bonds. The number of hydrogen-bond acceptors (Lipinski definition) is 2. The van der Waals surface area contributed by atoms with Gasteiger partial charge in [0.15, 0.2) is 0 Å². The third-order valence-electron chi connectivity index (χ3n) is 4.73. The maximum atomic E-state index is 12.5. The van der Waals surface area contributed by atoms with Gasteiger partial charge in [0.05, 0.1) is 6.04 Å². The summed E-state index contributed by atoms with van der Waals surface area (Å²) in [4.78, 5) is 26.2. The van der Waals surface area contributed by atoms with Gasteiger partial charge < -0.3 is 10.2 Å². The first-order valence-corrected chi connectivity index (χ1v) is 8.92. The van der Waals surface area contributed by atoms with E-state index < -0.39 is 0 Å². The summed E-state index contributed by atoms with van der Waals surface area (Å²) in [7, 11) is 1.91. The molecule has 0 radical (unpaired) electrons. The molecule has 1 aliphatic rings. The Morgan fingerprint density at radius 1 is 1.25 bits per heavy atom. The Labute approximate surface area is 145 Å². The van der Waals surface area contributed by atoms with Crippen LogP contribution >= 0.6 is 0 Å². The van der Waals surface area contributed by atoms with Crippen molar-refractivity contribution >= 4 is 11.8 Å². The number of nitrogens with zero attached hydrogens (tertiary/aromatic N) is 1. The Kier molecular flexibility index (Phi) is 6.03. The number of aryl methyl sites for hydroxylation is 1. The van der Waals surface area contributed by atoms with E-state index in [4.69, 9.17) is 0 Å². The lowest BCUT2D eigenvalue weighted by Crippen LogP contribution is -2.36. The Balaban J connectivity index is 1.84. The van der Waals surface area contributed by atoms with E-state index >= 15 is 0 Å². The zero-order valence-electron chi connectivity index (χ0n) is 15.4. The van der Waals surface area contributed by atoms with Crippen molar-refractivity contribution in [3.8, 4) is 0 Å². The maximum Gasteiger partial charge on any atom is 0.225 e. The van der Waals surface area contributed by atoms with E-state index in [0.717, 1.165) is 19.3 Å². The van der Waals surface area contributed by atoms with E-state index in [2.05, 4.69) is 29.6 Å². The number of fused-ring (bicyclic) bond motifs is 1. The Morgan fingerprint density at radius 3 is 2.67 bits per heavy atom. The molecular formula is C20H30N2O2. The number of benzene rings is 1. The Bertz CT molecular complexity index is 590. The summed E-state index contributed by atoms with van der Waals surface area (Å²) in [5, 5.41) is 2.90. The molecule has 2 rings (SSSR count). The van der Waals surface area contributed by atoms with Gasteiger partial charge >= 0.3 is 0 Å². The SMILES string of the molecule is CN(C(=O)CCCNC(=O)C(C)(C)C)[C@@H]1CCCc2ccccc21. The fraction of sp³-hybridized carbons (Fsp3) is 0.600. The fourth-order valence-electron chi connectivity index (χ4n) is 3.19. The summed E-state index contributed by atoms with van der Waals surface area (Å²) in [5.74, 6) is 0.186. The van der Waals surface area contributed by atoms with Gasteiger partial charge in [0, 0.05) is 25.4 Å². The van der Waals surface area contributed by atoms with Gasteiger partial charge in [-0.1, -0.05) is 45.0 Å². The van der Waals surface area contributed by atoms with E-state index in [9.17, 15) is 9.59 Å². The van der Waals surface area contributed by atoms with Gasteiger partial charge in [-0.2, -0.15) is 0 Å². The molecule has 0 unspecified atom stereocenters.